The van der Waals surface area contributed by atoms with Crippen LogP contribution in [0.2, 0.25) is 0 Å². The van der Waals surface area contributed by atoms with Crippen LogP contribution in [0, 0.1) is 20.8 Å². The maximum atomic E-state index is 12.0. The van der Waals surface area contributed by atoms with Crippen molar-refractivity contribution in [2.24, 2.45) is 0 Å². The number of rotatable bonds is 6. The number of ether oxygens (including phenoxy) is 1. The Hall–Kier alpha value is -2.44. The minimum absolute atomic E-state index is 0.193. The molecule has 0 saturated heterocycles. The number of carbonyl (C=O) groups excluding carboxylic acids is 2. The van der Waals surface area contributed by atoms with E-state index in [1.54, 1.807) is 11.4 Å². The van der Waals surface area contributed by atoms with Crippen molar-refractivity contribution in [3.8, 4) is 0 Å². The number of nitrogens with zero attached hydrogens (tertiary/aromatic N) is 3. The van der Waals surface area contributed by atoms with Gasteiger partial charge in [-0.2, -0.15) is 5.10 Å². The Balaban J connectivity index is 2.05. The first kappa shape index (κ1) is 17.9. The summed E-state index contributed by atoms with van der Waals surface area (Å²) < 4.78 is 6.96. The van der Waals surface area contributed by atoms with Gasteiger partial charge in [0.2, 0.25) is 0 Å². The van der Waals surface area contributed by atoms with Gasteiger partial charge in [-0.15, -0.1) is 0 Å². The highest BCUT2D eigenvalue weighted by Crippen LogP contribution is 2.17. The Morgan fingerprint density at radius 3 is 2.71 bits per heavy atom. The molecule has 0 aromatic carbocycles. The van der Waals surface area contributed by atoms with Crippen molar-refractivity contribution in [1.29, 1.82) is 0 Å². The molecule has 2 heterocycles. The maximum absolute atomic E-state index is 12.0. The minimum atomic E-state index is -0.783. The summed E-state index contributed by atoms with van der Waals surface area (Å²) in [6, 6.07) is 1.92. The number of amides is 1. The van der Waals surface area contributed by atoms with Crippen LogP contribution in [0.25, 0.3) is 5.65 Å². The van der Waals surface area contributed by atoms with Crippen LogP contribution in [0.3, 0.4) is 0 Å². The third-order valence-corrected chi connectivity index (χ3v) is 3.89. The molecule has 0 radical (unpaired) electrons. The van der Waals surface area contributed by atoms with Crippen LogP contribution in [0.5, 0.6) is 0 Å². The first-order valence-electron chi connectivity index (χ1n) is 8.13. The summed E-state index contributed by atoms with van der Waals surface area (Å²) in [7, 11) is 0. The molecule has 0 fully saturated rings. The number of hydrogen-bond acceptors (Lipinski definition) is 5. The van der Waals surface area contributed by atoms with E-state index in [2.05, 4.69) is 15.4 Å². The number of esters is 1. The standard InChI is InChI=1S/C17H24N4O3/c1-6-18-17(23)13(5)24-16(22)8-7-14-11(3)19-15-9-10(2)20-21(15)12(14)4/h9,13H,6-8H2,1-5H3,(H,18,23)/t13-/m0/s1. The number of nitrogens with one attached hydrogen (secondary N) is 1. The highest BCUT2D eigenvalue weighted by Gasteiger charge is 2.18. The fraction of sp³-hybridized carbons (Fsp3) is 0.529. The van der Waals surface area contributed by atoms with Crippen LogP contribution in [-0.2, 0) is 20.7 Å². The lowest BCUT2D eigenvalue weighted by atomic mass is 10.1. The highest BCUT2D eigenvalue weighted by atomic mass is 16.5. The molecule has 0 aliphatic heterocycles. The summed E-state index contributed by atoms with van der Waals surface area (Å²) in [5.41, 5.74) is 4.53. The molecule has 0 bridgehead atoms. The summed E-state index contributed by atoms with van der Waals surface area (Å²) in [6.07, 6.45) is -0.0895. The van der Waals surface area contributed by atoms with Gasteiger partial charge in [0, 0.05) is 30.4 Å². The lowest BCUT2D eigenvalue weighted by molar-refractivity contribution is -0.154. The molecule has 2 aromatic rings. The molecule has 0 unspecified atom stereocenters. The van der Waals surface area contributed by atoms with E-state index in [-0.39, 0.29) is 12.3 Å². The molecule has 1 amide bonds. The van der Waals surface area contributed by atoms with E-state index < -0.39 is 12.1 Å². The van der Waals surface area contributed by atoms with Gasteiger partial charge in [-0.05, 0) is 46.6 Å². The average molecular weight is 332 g/mol. The Morgan fingerprint density at radius 2 is 2.04 bits per heavy atom. The lowest BCUT2D eigenvalue weighted by Gasteiger charge is -2.14. The quantitative estimate of drug-likeness (QED) is 0.813. The summed E-state index contributed by atoms with van der Waals surface area (Å²) in [4.78, 5) is 28.1. The molecule has 130 valence electrons. The van der Waals surface area contributed by atoms with Gasteiger partial charge < -0.3 is 10.1 Å². The van der Waals surface area contributed by atoms with Crippen LogP contribution in [0.1, 0.15) is 42.9 Å². The van der Waals surface area contributed by atoms with Gasteiger partial charge in [0.15, 0.2) is 11.8 Å². The molecule has 2 aromatic heterocycles. The Bertz CT molecular complexity index is 767. The number of carbonyl (C=O) groups is 2. The zero-order valence-corrected chi connectivity index (χ0v) is 14.8. The van der Waals surface area contributed by atoms with E-state index >= 15 is 0 Å². The third-order valence-electron chi connectivity index (χ3n) is 3.89. The van der Waals surface area contributed by atoms with Gasteiger partial charge in [0.1, 0.15) is 0 Å². The topological polar surface area (TPSA) is 85.6 Å². The molecule has 0 aliphatic rings. The van der Waals surface area contributed by atoms with Gasteiger partial charge in [0.25, 0.3) is 5.91 Å². The molecule has 0 aliphatic carbocycles. The van der Waals surface area contributed by atoms with Gasteiger partial charge in [-0.1, -0.05) is 0 Å². The van der Waals surface area contributed by atoms with E-state index in [0.29, 0.717) is 13.0 Å². The van der Waals surface area contributed by atoms with Crippen LogP contribution in [-0.4, -0.2) is 39.1 Å². The molecule has 0 spiro atoms. The Labute approximate surface area is 141 Å². The highest BCUT2D eigenvalue weighted by molar-refractivity contribution is 5.83. The molecular weight excluding hydrogens is 308 g/mol. The zero-order chi connectivity index (χ0) is 17.9. The first-order chi connectivity index (χ1) is 11.3. The number of hydrogen-bond donors (Lipinski definition) is 1. The molecular formula is C17H24N4O3. The second kappa shape index (κ2) is 7.42. The molecule has 1 N–H and O–H groups in total. The van der Waals surface area contributed by atoms with Crippen LogP contribution < -0.4 is 5.32 Å². The molecule has 7 heteroatoms. The Kier molecular flexibility index (Phi) is 5.54. The van der Waals surface area contributed by atoms with Crippen molar-refractivity contribution in [1.82, 2.24) is 19.9 Å². The van der Waals surface area contributed by atoms with Crippen LogP contribution >= 0.6 is 0 Å². The number of fused-ring (bicyclic) bond motifs is 1. The summed E-state index contributed by atoms with van der Waals surface area (Å²) in [6.45, 7) is 9.70. The van der Waals surface area contributed by atoms with Crippen molar-refractivity contribution in [2.45, 2.75) is 53.6 Å². The Morgan fingerprint density at radius 1 is 1.33 bits per heavy atom. The van der Waals surface area contributed by atoms with E-state index in [4.69, 9.17) is 4.74 Å². The number of aryl methyl sites for hydroxylation is 3. The van der Waals surface area contributed by atoms with Gasteiger partial charge in [-0.3, -0.25) is 9.59 Å². The number of aromatic nitrogens is 3. The molecule has 24 heavy (non-hydrogen) atoms. The smallest absolute Gasteiger partial charge is 0.306 e. The average Bonchev–Trinajstić information content (AvgIpc) is 2.87. The lowest BCUT2D eigenvalue weighted by Crippen LogP contribution is -2.35. The monoisotopic (exact) mass is 332 g/mol. The first-order valence-corrected chi connectivity index (χ1v) is 8.13. The molecule has 2 rings (SSSR count). The van der Waals surface area contributed by atoms with Crippen molar-refractivity contribution in [3.05, 3.63) is 28.7 Å². The summed E-state index contributed by atoms with van der Waals surface area (Å²) >= 11 is 0. The normalized spacial score (nSPS) is 12.2. The predicted octanol–water partition coefficient (Wildman–Crippen LogP) is 1.65. The second-order valence-corrected chi connectivity index (χ2v) is 5.84. The minimum Gasteiger partial charge on any atom is -0.453 e. The van der Waals surface area contributed by atoms with Crippen molar-refractivity contribution >= 4 is 17.5 Å². The predicted molar refractivity (Wildman–Crippen MR) is 89.8 cm³/mol. The SMILES string of the molecule is CCNC(=O)[C@H](C)OC(=O)CCc1c(C)nc2cc(C)nn2c1C. The fourth-order valence-corrected chi connectivity index (χ4v) is 2.66. The van der Waals surface area contributed by atoms with Crippen LogP contribution in [0.15, 0.2) is 6.07 Å². The summed E-state index contributed by atoms with van der Waals surface area (Å²) in [5.74, 6) is -0.683. The third kappa shape index (κ3) is 3.90. The largest absolute Gasteiger partial charge is 0.453 e. The second-order valence-electron chi connectivity index (χ2n) is 5.84. The molecule has 1 atom stereocenters. The van der Waals surface area contributed by atoms with E-state index in [1.807, 2.05) is 33.8 Å². The zero-order valence-electron chi connectivity index (χ0n) is 14.8. The van der Waals surface area contributed by atoms with E-state index in [9.17, 15) is 9.59 Å². The fourth-order valence-electron chi connectivity index (χ4n) is 2.66. The van der Waals surface area contributed by atoms with Gasteiger partial charge in [0.05, 0.1) is 5.69 Å². The maximum Gasteiger partial charge on any atom is 0.306 e. The summed E-state index contributed by atoms with van der Waals surface area (Å²) in [5, 5.41) is 7.05. The molecule has 7 nitrogen and oxygen atoms in total. The van der Waals surface area contributed by atoms with Crippen molar-refractivity contribution < 1.29 is 14.3 Å². The van der Waals surface area contributed by atoms with E-state index in [1.165, 1.54) is 0 Å². The van der Waals surface area contributed by atoms with E-state index in [0.717, 1.165) is 28.3 Å². The van der Waals surface area contributed by atoms with Gasteiger partial charge in [-0.25, -0.2) is 9.50 Å². The number of likely N-dealkylation sites (N-methyl/N-ethyl adjacent to an activating group) is 1. The van der Waals surface area contributed by atoms with Crippen molar-refractivity contribution in [3.63, 3.8) is 0 Å². The van der Waals surface area contributed by atoms with Crippen molar-refractivity contribution in [2.75, 3.05) is 6.54 Å². The van der Waals surface area contributed by atoms with Crippen LogP contribution in [0.4, 0.5) is 0 Å². The molecule has 0 saturated carbocycles. The van der Waals surface area contributed by atoms with Gasteiger partial charge >= 0.3 is 5.97 Å².